The summed E-state index contributed by atoms with van der Waals surface area (Å²) in [5, 5.41) is 2.10. The van der Waals surface area contributed by atoms with E-state index in [2.05, 4.69) is 0 Å². The second-order valence-corrected chi connectivity index (χ2v) is 10.3. The normalized spacial score (nSPS) is 14.8. The molecule has 0 N–H and O–H groups in total. The number of amides is 1. The highest BCUT2D eigenvalue weighted by Gasteiger charge is 2.27. The van der Waals surface area contributed by atoms with Gasteiger partial charge in [-0.05, 0) is 41.5 Å². The molecule has 8 heteroatoms. The van der Waals surface area contributed by atoms with Gasteiger partial charge in [-0.1, -0.05) is 43.3 Å². The van der Waals surface area contributed by atoms with Crippen LogP contribution >= 0.6 is 0 Å². The highest BCUT2D eigenvalue weighted by Crippen LogP contribution is 2.30. The number of fused-ring (bicyclic) bond motifs is 1. The molecule has 1 aliphatic rings. The molecular weight excluding hydrogens is 452 g/mol. The van der Waals surface area contributed by atoms with E-state index >= 15 is 0 Å². The summed E-state index contributed by atoms with van der Waals surface area (Å²) >= 11 is 0. The number of hydrogen-bond donors (Lipinski definition) is 0. The second-order valence-electron chi connectivity index (χ2n) is 8.32. The van der Waals surface area contributed by atoms with E-state index in [0.29, 0.717) is 45.0 Å². The van der Waals surface area contributed by atoms with Crippen LogP contribution < -0.4 is 4.74 Å². The molecule has 0 aromatic heterocycles. The molecule has 3 aromatic carbocycles. The highest BCUT2D eigenvalue weighted by molar-refractivity contribution is 7.89. The van der Waals surface area contributed by atoms with Crippen LogP contribution in [0, 0.1) is 0 Å². The Morgan fingerprint density at radius 1 is 1.06 bits per heavy atom. The van der Waals surface area contributed by atoms with Crippen molar-refractivity contribution in [3.05, 3.63) is 71.8 Å². The first-order chi connectivity index (χ1) is 16.4. The van der Waals surface area contributed by atoms with Gasteiger partial charge in [-0.15, -0.1) is 0 Å². The molecule has 0 radical (unpaired) electrons. The summed E-state index contributed by atoms with van der Waals surface area (Å²) in [4.78, 5) is 15.0. The van der Waals surface area contributed by atoms with Gasteiger partial charge in [0.25, 0.3) is 5.91 Å². The molecule has 1 amide bonds. The molecule has 0 saturated carbocycles. The minimum Gasteiger partial charge on any atom is -0.493 e. The standard InChI is InChI=1S/C26H30N2O5S/c1-3-15-33-25-12-11-20-7-4-5-10-23(20)24(25)19-27(2)26(29)21-8-6-9-22(18-21)34(30,31)28-13-16-32-17-14-28/h4-12,18H,3,13-17,19H2,1-2H3. The van der Waals surface area contributed by atoms with Crippen LogP contribution in [0.4, 0.5) is 0 Å². The van der Waals surface area contributed by atoms with Crippen molar-refractivity contribution >= 4 is 26.7 Å². The lowest BCUT2D eigenvalue weighted by Crippen LogP contribution is -2.40. The van der Waals surface area contributed by atoms with Gasteiger partial charge in [0.15, 0.2) is 0 Å². The van der Waals surface area contributed by atoms with Crippen molar-refractivity contribution < 1.29 is 22.7 Å². The van der Waals surface area contributed by atoms with Crippen molar-refractivity contribution in [1.82, 2.24) is 9.21 Å². The van der Waals surface area contributed by atoms with Gasteiger partial charge in [0.05, 0.1) is 24.7 Å². The fourth-order valence-electron chi connectivity index (χ4n) is 4.08. The van der Waals surface area contributed by atoms with Crippen molar-refractivity contribution in [1.29, 1.82) is 0 Å². The second kappa shape index (κ2) is 10.5. The highest BCUT2D eigenvalue weighted by atomic mass is 32.2. The third-order valence-corrected chi connectivity index (χ3v) is 7.78. The fourth-order valence-corrected chi connectivity index (χ4v) is 5.54. The zero-order valence-corrected chi connectivity index (χ0v) is 20.4. The zero-order valence-electron chi connectivity index (χ0n) is 19.6. The van der Waals surface area contributed by atoms with Crippen LogP contribution in [0.2, 0.25) is 0 Å². The Kier molecular flexibility index (Phi) is 7.50. The van der Waals surface area contributed by atoms with E-state index in [4.69, 9.17) is 9.47 Å². The third kappa shape index (κ3) is 5.09. The van der Waals surface area contributed by atoms with Crippen LogP contribution in [0.25, 0.3) is 10.8 Å². The number of carbonyl (C=O) groups is 1. The molecule has 0 unspecified atom stereocenters. The maximum atomic E-state index is 13.3. The van der Waals surface area contributed by atoms with E-state index in [-0.39, 0.29) is 10.8 Å². The molecule has 1 heterocycles. The minimum absolute atomic E-state index is 0.116. The van der Waals surface area contributed by atoms with Crippen LogP contribution in [-0.2, 0) is 21.3 Å². The Bertz CT molecular complexity index is 1270. The summed E-state index contributed by atoms with van der Waals surface area (Å²) in [6, 6.07) is 18.2. The number of ether oxygens (including phenoxy) is 2. The maximum Gasteiger partial charge on any atom is 0.253 e. The zero-order chi connectivity index (χ0) is 24.1. The Balaban J connectivity index is 1.60. The molecule has 180 valence electrons. The average molecular weight is 483 g/mol. The number of rotatable bonds is 8. The summed E-state index contributed by atoms with van der Waals surface area (Å²) in [5.41, 5.74) is 1.26. The van der Waals surface area contributed by atoms with Gasteiger partial charge in [-0.25, -0.2) is 8.42 Å². The number of nitrogens with zero attached hydrogens (tertiary/aromatic N) is 2. The summed E-state index contributed by atoms with van der Waals surface area (Å²) in [6.45, 7) is 4.32. The lowest BCUT2D eigenvalue weighted by atomic mass is 10.0. The van der Waals surface area contributed by atoms with Crippen LogP contribution in [-0.4, -0.2) is 63.5 Å². The largest absolute Gasteiger partial charge is 0.493 e. The topological polar surface area (TPSA) is 76.2 Å². The van der Waals surface area contributed by atoms with E-state index in [1.54, 1.807) is 24.1 Å². The third-order valence-electron chi connectivity index (χ3n) is 5.89. The first-order valence-electron chi connectivity index (χ1n) is 11.5. The van der Waals surface area contributed by atoms with E-state index < -0.39 is 10.0 Å². The molecule has 0 atom stereocenters. The van der Waals surface area contributed by atoms with Gasteiger partial charge in [-0.3, -0.25) is 4.79 Å². The number of hydrogen-bond acceptors (Lipinski definition) is 5. The summed E-state index contributed by atoms with van der Waals surface area (Å²) in [6.07, 6.45) is 0.880. The van der Waals surface area contributed by atoms with Crippen molar-refractivity contribution in [2.24, 2.45) is 0 Å². The number of morpholine rings is 1. The van der Waals surface area contributed by atoms with Crippen LogP contribution in [0.5, 0.6) is 5.75 Å². The molecule has 7 nitrogen and oxygen atoms in total. The number of carbonyl (C=O) groups excluding carboxylic acids is 1. The van der Waals surface area contributed by atoms with E-state index in [1.165, 1.54) is 16.4 Å². The van der Waals surface area contributed by atoms with Gasteiger partial charge in [-0.2, -0.15) is 4.31 Å². The molecule has 3 aromatic rings. The van der Waals surface area contributed by atoms with Gasteiger partial charge in [0.2, 0.25) is 10.0 Å². The Morgan fingerprint density at radius 2 is 1.82 bits per heavy atom. The molecule has 34 heavy (non-hydrogen) atoms. The molecule has 1 aliphatic heterocycles. The van der Waals surface area contributed by atoms with Crippen molar-refractivity contribution in [2.45, 2.75) is 24.8 Å². The van der Waals surface area contributed by atoms with Crippen molar-refractivity contribution in [3.8, 4) is 5.75 Å². The smallest absolute Gasteiger partial charge is 0.253 e. The Hall–Kier alpha value is -2.94. The first kappa shape index (κ1) is 24.2. The lowest BCUT2D eigenvalue weighted by molar-refractivity contribution is 0.0730. The Morgan fingerprint density at radius 3 is 2.59 bits per heavy atom. The quantitative estimate of drug-likeness (QED) is 0.486. The predicted molar refractivity (Wildman–Crippen MR) is 132 cm³/mol. The SMILES string of the molecule is CCCOc1ccc2ccccc2c1CN(C)C(=O)c1cccc(S(=O)(=O)N2CCOCC2)c1. The van der Waals surface area contributed by atoms with E-state index in [1.807, 2.05) is 43.3 Å². The van der Waals surface area contributed by atoms with Crippen molar-refractivity contribution in [3.63, 3.8) is 0 Å². The van der Waals surface area contributed by atoms with Gasteiger partial charge in [0.1, 0.15) is 5.75 Å². The van der Waals surface area contributed by atoms with E-state index in [9.17, 15) is 13.2 Å². The monoisotopic (exact) mass is 482 g/mol. The van der Waals surface area contributed by atoms with Crippen molar-refractivity contribution in [2.75, 3.05) is 40.0 Å². The van der Waals surface area contributed by atoms with Gasteiger partial charge >= 0.3 is 0 Å². The average Bonchev–Trinajstić information content (AvgIpc) is 2.88. The predicted octanol–water partition coefficient (Wildman–Crippen LogP) is 3.92. The molecule has 4 rings (SSSR count). The van der Waals surface area contributed by atoms with E-state index in [0.717, 1.165) is 28.5 Å². The molecule has 1 fully saturated rings. The molecule has 0 spiro atoms. The maximum absolute atomic E-state index is 13.3. The summed E-state index contributed by atoms with van der Waals surface area (Å²) in [7, 11) is -1.97. The van der Waals surface area contributed by atoms with Gasteiger partial charge in [0, 0.05) is 37.8 Å². The fraction of sp³-hybridized carbons (Fsp3) is 0.346. The number of sulfonamides is 1. The molecule has 1 saturated heterocycles. The van der Waals surface area contributed by atoms with Crippen LogP contribution in [0.15, 0.2) is 65.6 Å². The van der Waals surface area contributed by atoms with Gasteiger partial charge < -0.3 is 14.4 Å². The minimum atomic E-state index is -3.69. The molecule has 0 aliphatic carbocycles. The number of benzene rings is 3. The summed E-state index contributed by atoms with van der Waals surface area (Å²) < 4.78 is 38.7. The van der Waals surface area contributed by atoms with Crippen LogP contribution in [0.3, 0.4) is 0 Å². The Labute approximate surface area is 200 Å². The lowest BCUT2D eigenvalue weighted by Gasteiger charge is -2.26. The molecular formula is C26H30N2O5S. The van der Waals surface area contributed by atoms with Crippen LogP contribution in [0.1, 0.15) is 29.3 Å². The first-order valence-corrected chi connectivity index (χ1v) is 12.9. The molecule has 0 bridgehead atoms. The summed E-state index contributed by atoms with van der Waals surface area (Å²) in [5.74, 6) is 0.497.